The van der Waals surface area contributed by atoms with Gasteiger partial charge in [-0.25, -0.2) is 9.97 Å². The van der Waals surface area contributed by atoms with Crippen LogP contribution in [0.25, 0.3) is 0 Å². The molecule has 0 aliphatic rings. The van der Waals surface area contributed by atoms with E-state index in [-0.39, 0.29) is 48.6 Å². The highest BCUT2D eigenvalue weighted by Crippen LogP contribution is 2.38. The van der Waals surface area contributed by atoms with Gasteiger partial charge in [0.1, 0.15) is 6.33 Å². The minimum absolute atomic E-state index is 0.0327. The van der Waals surface area contributed by atoms with Crippen LogP contribution in [-0.2, 0) is 15.7 Å². The molecule has 0 saturated carbocycles. The molecule has 0 aliphatic carbocycles. The molecule has 0 aliphatic heterocycles. The SMILES string of the molecule is COCCN(CCOC)c1ncnc(Nc2cc(C(F)(F)F)ccc2Cl)c1[N+](=O)[O-]. The van der Waals surface area contributed by atoms with Crippen molar-refractivity contribution in [3.05, 3.63) is 45.2 Å². The van der Waals surface area contributed by atoms with Gasteiger partial charge in [0, 0.05) is 27.3 Å². The van der Waals surface area contributed by atoms with Crippen molar-refractivity contribution in [3.63, 3.8) is 0 Å². The van der Waals surface area contributed by atoms with Crippen LogP contribution in [-0.4, -0.2) is 55.4 Å². The Morgan fingerprint density at radius 1 is 1.20 bits per heavy atom. The van der Waals surface area contributed by atoms with E-state index in [1.165, 1.54) is 14.2 Å². The Hall–Kier alpha value is -2.70. The molecule has 9 nitrogen and oxygen atoms in total. The lowest BCUT2D eigenvalue weighted by Gasteiger charge is -2.23. The van der Waals surface area contributed by atoms with Crippen molar-refractivity contribution in [2.45, 2.75) is 6.18 Å². The zero-order valence-electron chi connectivity index (χ0n) is 16.1. The number of nitrogens with one attached hydrogen (secondary N) is 1. The summed E-state index contributed by atoms with van der Waals surface area (Å²) in [7, 11) is 2.96. The third-order valence-electron chi connectivity index (χ3n) is 3.96. The minimum Gasteiger partial charge on any atom is -0.383 e. The van der Waals surface area contributed by atoms with E-state index in [1.807, 2.05) is 0 Å². The summed E-state index contributed by atoms with van der Waals surface area (Å²) in [4.78, 5) is 20.5. The van der Waals surface area contributed by atoms with Gasteiger partial charge in [0.05, 0.1) is 34.4 Å². The molecular formula is C17H19ClF3N5O4. The maximum atomic E-state index is 13.0. The van der Waals surface area contributed by atoms with Crippen LogP contribution in [0, 0.1) is 10.1 Å². The van der Waals surface area contributed by atoms with E-state index in [1.54, 1.807) is 4.90 Å². The van der Waals surface area contributed by atoms with Crippen molar-refractivity contribution in [2.24, 2.45) is 0 Å². The Labute approximate surface area is 174 Å². The molecule has 1 N–H and O–H groups in total. The molecule has 0 radical (unpaired) electrons. The number of rotatable bonds is 10. The Morgan fingerprint density at radius 3 is 2.37 bits per heavy atom. The highest BCUT2D eigenvalue weighted by Gasteiger charge is 2.32. The summed E-state index contributed by atoms with van der Waals surface area (Å²) in [5.41, 5.74) is -1.66. The molecule has 0 saturated heterocycles. The molecule has 13 heteroatoms. The van der Waals surface area contributed by atoms with Crippen molar-refractivity contribution in [3.8, 4) is 0 Å². The number of nitrogens with zero attached hydrogens (tertiary/aromatic N) is 4. The van der Waals surface area contributed by atoms with Gasteiger partial charge in [-0.3, -0.25) is 10.1 Å². The normalized spacial score (nSPS) is 11.4. The van der Waals surface area contributed by atoms with Crippen molar-refractivity contribution in [1.82, 2.24) is 9.97 Å². The Balaban J connectivity index is 2.49. The second kappa shape index (κ2) is 10.4. The lowest BCUT2D eigenvalue weighted by molar-refractivity contribution is -0.383. The van der Waals surface area contributed by atoms with Gasteiger partial charge >= 0.3 is 11.9 Å². The fraction of sp³-hybridized carbons (Fsp3) is 0.412. The van der Waals surface area contributed by atoms with E-state index in [4.69, 9.17) is 21.1 Å². The summed E-state index contributed by atoms with van der Waals surface area (Å²) >= 11 is 5.98. The van der Waals surface area contributed by atoms with Gasteiger partial charge in [-0.1, -0.05) is 11.6 Å². The first-order valence-corrected chi connectivity index (χ1v) is 8.92. The molecule has 0 fully saturated rings. The summed E-state index contributed by atoms with van der Waals surface area (Å²) < 4.78 is 49.1. The highest BCUT2D eigenvalue weighted by molar-refractivity contribution is 6.33. The van der Waals surface area contributed by atoms with Crippen LogP contribution in [0.15, 0.2) is 24.5 Å². The van der Waals surface area contributed by atoms with Gasteiger partial charge in [0.2, 0.25) is 11.6 Å². The molecule has 2 rings (SSSR count). The van der Waals surface area contributed by atoms with E-state index in [2.05, 4.69) is 15.3 Å². The number of anilines is 3. The molecule has 1 heterocycles. The van der Waals surface area contributed by atoms with Crippen LogP contribution < -0.4 is 10.2 Å². The van der Waals surface area contributed by atoms with Gasteiger partial charge in [-0.2, -0.15) is 13.2 Å². The predicted molar refractivity (Wildman–Crippen MR) is 104 cm³/mol. The zero-order chi connectivity index (χ0) is 22.3. The summed E-state index contributed by atoms with van der Waals surface area (Å²) in [5.74, 6) is -0.333. The van der Waals surface area contributed by atoms with E-state index >= 15 is 0 Å². The molecule has 1 aromatic heterocycles. The Morgan fingerprint density at radius 2 is 1.83 bits per heavy atom. The van der Waals surface area contributed by atoms with Crippen molar-refractivity contribution < 1.29 is 27.6 Å². The topological polar surface area (TPSA) is 103 Å². The van der Waals surface area contributed by atoms with Crippen LogP contribution >= 0.6 is 11.6 Å². The maximum absolute atomic E-state index is 13.0. The Kier molecular flexibility index (Phi) is 8.15. The third-order valence-corrected chi connectivity index (χ3v) is 4.29. The largest absolute Gasteiger partial charge is 0.416 e. The third kappa shape index (κ3) is 5.90. The molecular weight excluding hydrogens is 431 g/mol. The number of benzene rings is 1. The number of halogens is 4. The molecule has 0 bridgehead atoms. The molecule has 164 valence electrons. The quantitative estimate of drug-likeness (QED) is 0.430. The molecule has 1 aromatic carbocycles. The van der Waals surface area contributed by atoms with Crippen LogP contribution in [0.3, 0.4) is 0 Å². The first kappa shape index (κ1) is 23.6. The molecule has 2 aromatic rings. The Bertz CT molecular complexity index is 877. The van der Waals surface area contributed by atoms with E-state index in [9.17, 15) is 23.3 Å². The molecule has 30 heavy (non-hydrogen) atoms. The van der Waals surface area contributed by atoms with Gasteiger partial charge in [-0.15, -0.1) is 0 Å². The molecule has 0 amide bonds. The number of ether oxygens (including phenoxy) is 2. The number of aromatic nitrogens is 2. The molecule has 0 atom stereocenters. The lowest BCUT2D eigenvalue weighted by atomic mass is 10.2. The fourth-order valence-electron chi connectivity index (χ4n) is 2.51. The number of methoxy groups -OCH3 is 2. The first-order chi connectivity index (χ1) is 14.2. The van der Waals surface area contributed by atoms with Crippen LogP contribution in [0.5, 0.6) is 0 Å². The second-order valence-corrected chi connectivity index (χ2v) is 6.35. The number of nitro groups is 1. The van der Waals surface area contributed by atoms with Crippen molar-refractivity contribution in [2.75, 3.05) is 50.7 Å². The lowest BCUT2D eigenvalue weighted by Crippen LogP contribution is -2.32. The van der Waals surface area contributed by atoms with E-state index in [0.29, 0.717) is 0 Å². The first-order valence-electron chi connectivity index (χ1n) is 8.55. The predicted octanol–water partition coefficient (Wildman–Crippen LogP) is 3.90. The van der Waals surface area contributed by atoms with Crippen LogP contribution in [0.2, 0.25) is 5.02 Å². The average Bonchev–Trinajstić information content (AvgIpc) is 2.68. The smallest absolute Gasteiger partial charge is 0.383 e. The van der Waals surface area contributed by atoms with Crippen LogP contribution in [0.1, 0.15) is 5.56 Å². The summed E-state index contributed by atoms with van der Waals surface area (Å²) in [6.45, 7) is 1.04. The zero-order valence-corrected chi connectivity index (χ0v) is 16.8. The fourth-order valence-corrected chi connectivity index (χ4v) is 2.68. The minimum atomic E-state index is -4.61. The monoisotopic (exact) mass is 449 g/mol. The number of hydrogen-bond donors (Lipinski definition) is 1. The van der Waals surface area contributed by atoms with Crippen molar-refractivity contribution in [1.29, 1.82) is 0 Å². The average molecular weight is 450 g/mol. The van der Waals surface area contributed by atoms with Gasteiger partial charge in [0.15, 0.2) is 0 Å². The maximum Gasteiger partial charge on any atom is 0.416 e. The van der Waals surface area contributed by atoms with Gasteiger partial charge in [-0.05, 0) is 18.2 Å². The standard InChI is InChI=1S/C17H19ClF3N5O4/c1-29-7-5-25(6-8-30-2)16-14(26(27)28)15(22-10-23-16)24-13-9-11(17(19,20)21)3-4-12(13)18/h3-4,9-10H,5-8H2,1-2H3,(H,22,23,24). The van der Waals surface area contributed by atoms with E-state index < -0.39 is 22.4 Å². The van der Waals surface area contributed by atoms with Gasteiger partial charge < -0.3 is 19.7 Å². The van der Waals surface area contributed by atoms with Gasteiger partial charge in [0.25, 0.3) is 0 Å². The highest BCUT2D eigenvalue weighted by atomic mass is 35.5. The molecule has 0 spiro atoms. The van der Waals surface area contributed by atoms with Crippen molar-refractivity contribution >= 4 is 34.6 Å². The molecule has 0 unspecified atom stereocenters. The number of alkyl halides is 3. The van der Waals surface area contributed by atoms with Crippen LogP contribution in [0.4, 0.5) is 36.2 Å². The summed E-state index contributed by atoms with van der Waals surface area (Å²) in [6, 6.07) is 2.61. The summed E-state index contributed by atoms with van der Waals surface area (Å²) in [5, 5.41) is 14.2. The number of hydrogen-bond acceptors (Lipinski definition) is 8. The second-order valence-electron chi connectivity index (χ2n) is 5.94. The van der Waals surface area contributed by atoms with E-state index in [0.717, 1.165) is 24.5 Å². The summed E-state index contributed by atoms with van der Waals surface area (Å²) in [6.07, 6.45) is -3.54.